The number of aryl methyl sites for hydroxylation is 1. The van der Waals surface area contributed by atoms with Crippen molar-refractivity contribution in [2.75, 3.05) is 16.6 Å². The first kappa shape index (κ1) is 20.9. The van der Waals surface area contributed by atoms with Crippen LogP contribution in [0.25, 0.3) is 0 Å². The lowest BCUT2D eigenvalue weighted by molar-refractivity contribution is -0.118. The molecule has 0 saturated heterocycles. The molecule has 3 rings (SSSR count). The highest BCUT2D eigenvalue weighted by molar-refractivity contribution is 7.92. The summed E-state index contributed by atoms with van der Waals surface area (Å²) in [5.74, 6) is -0.0771. The first-order chi connectivity index (χ1) is 14.4. The summed E-state index contributed by atoms with van der Waals surface area (Å²) in [7, 11) is -3.70. The van der Waals surface area contributed by atoms with Crippen LogP contribution in [0.1, 0.15) is 11.1 Å². The standard InChI is InChI=1S/C22H19N3O4S/c1-16-6-12-20(13-7-16)30(27,28)25-19-10-8-18(9-11-19)24-22(26)15-29-21-5-3-2-4-17(21)14-23/h2-13,25H,15H2,1H3,(H,24,26). The fraction of sp³-hybridized carbons (Fsp3) is 0.0909. The monoisotopic (exact) mass is 421 g/mol. The summed E-state index contributed by atoms with van der Waals surface area (Å²) in [6.07, 6.45) is 0. The summed E-state index contributed by atoms with van der Waals surface area (Å²) in [6.45, 7) is 1.62. The van der Waals surface area contributed by atoms with Gasteiger partial charge in [0.25, 0.3) is 15.9 Å². The maximum Gasteiger partial charge on any atom is 0.262 e. The van der Waals surface area contributed by atoms with Gasteiger partial charge in [-0.2, -0.15) is 5.26 Å². The Morgan fingerprint density at radius 1 is 0.967 bits per heavy atom. The summed E-state index contributed by atoms with van der Waals surface area (Å²) in [4.78, 5) is 12.2. The van der Waals surface area contributed by atoms with Crippen LogP contribution in [0.5, 0.6) is 5.75 Å². The lowest BCUT2D eigenvalue weighted by Crippen LogP contribution is -2.20. The molecule has 0 bridgehead atoms. The minimum atomic E-state index is -3.70. The highest BCUT2D eigenvalue weighted by Gasteiger charge is 2.14. The van der Waals surface area contributed by atoms with E-state index in [1.807, 2.05) is 13.0 Å². The molecule has 0 aliphatic heterocycles. The Bertz CT molecular complexity index is 1180. The molecule has 0 unspecified atom stereocenters. The molecule has 0 spiro atoms. The maximum absolute atomic E-state index is 12.4. The molecule has 8 heteroatoms. The summed E-state index contributed by atoms with van der Waals surface area (Å²) in [5.41, 5.74) is 2.16. The fourth-order valence-corrected chi connectivity index (χ4v) is 3.64. The topological polar surface area (TPSA) is 108 Å². The predicted molar refractivity (Wildman–Crippen MR) is 114 cm³/mol. The van der Waals surface area contributed by atoms with Gasteiger partial charge in [0.15, 0.2) is 6.61 Å². The van der Waals surface area contributed by atoms with Crippen LogP contribution in [0, 0.1) is 18.3 Å². The number of hydrogen-bond acceptors (Lipinski definition) is 5. The van der Waals surface area contributed by atoms with Crippen molar-refractivity contribution in [1.29, 1.82) is 5.26 Å². The number of nitrogens with zero attached hydrogens (tertiary/aromatic N) is 1. The second-order valence-corrected chi connectivity index (χ2v) is 8.12. The molecule has 0 saturated carbocycles. The molecule has 0 aliphatic carbocycles. The third kappa shape index (κ3) is 5.37. The van der Waals surface area contributed by atoms with Crippen LogP contribution < -0.4 is 14.8 Å². The number of benzene rings is 3. The van der Waals surface area contributed by atoms with Crippen molar-refractivity contribution in [2.24, 2.45) is 0 Å². The van der Waals surface area contributed by atoms with Gasteiger partial charge < -0.3 is 10.1 Å². The second kappa shape index (κ2) is 9.11. The SMILES string of the molecule is Cc1ccc(S(=O)(=O)Nc2ccc(NC(=O)COc3ccccc3C#N)cc2)cc1. The van der Waals surface area contributed by atoms with Crippen LogP contribution in [0.15, 0.2) is 77.7 Å². The summed E-state index contributed by atoms with van der Waals surface area (Å²) >= 11 is 0. The number of anilines is 2. The molecule has 152 valence electrons. The van der Waals surface area contributed by atoms with Crippen LogP contribution in [0.4, 0.5) is 11.4 Å². The zero-order valence-corrected chi connectivity index (χ0v) is 16.9. The molecule has 0 heterocycles. The van der Waals surface area contributed by atoms with Crippen molar-refractivity contribution in [3.8, 4) is 11.8 Å². The molecule has 3 aromatic carbocycles. The summed E-state index contributed by atoms with van der Waals surface area (Å²) in [6, 6.07) is 21.4. The van der Waals surface area contributed by atoms with Gasteiger partial charge in [-0.25, -0.2) is 8.42 Å². The molecule has 0 aliphatic rings. The first-order valence-corrected chi connectivity index (χ1v) is 10.5. The van der Waals surface area contributed by atoms with Crippen molar-refractivity contribution in [3.63, 3.8) is 0 Å². The van der Waals surface area contributed by atoms with E-state index in [9.17, 15) is 13.2 Å². The molecule has 3 aromatic rings. The quantitative estimate of drug-likeness (QED) is 0.605. The molecule has 30 heavy (non-hydrogen) atoms. The first-order valence-electron chi connectivity index (χ1n) is 8.99. The Labute approximate surface area is 175 Å². The Kier molecular flexibility index (Phi) is 6.35. The number of sulfonamides is 1. The normalized spacial score (nSPS) is 10.7. The van der Waals surface area contributed by atoms with Crippen molar-refractivity contribution in [1.82, 2.24) is 0 Å². The van der Waals surface area contributed by atoms with Crippen LogP contribution in [0.2, 0.25) is 0 Å². The van der Waals surface area contributed by atoms with E-state index in [4.69, 9.17) is 10.00 Å². The van der Waals surface area contributed by atoms with Crippen LogP contribution in [0.3, 0.4) is 0 Å². The number of nitrogens with one attached hydrogen (secondary N) is 2. The second-order valence-electron chi connectivity index (χ2n) is 6.44. The van der Waals surface area contributed by atoms with E-state index in [1.54, 1.807) is 60.7 Å². The minimum absolute atomic E-state index is 0.167. The number of ether oxygens (including phenoxy) is 1. The Hall–Kier alpha value is -3.83. The molecule has 1 amide bonds. The summed E-state index contributed by atoms with van der Waals surface area (Å²) < 4.78 is 32.7. The highest BCUT2D eigenvalue weighted by atomic mass is 32.2. The van der Waals surface area contributed by atoms with E-state index in [-0.39, 0.29) is 11.5 Å². The molecule has 0 fully saturated rings. The highest BCUT2D eigenvalue weighted by Crippen LogP contribution is 2.19. The number of rotatable bonds is 7. The lowest BCUT2D eigenvalue weighted by atomic mass is 10.2. The van der Waals surface area contributed by atoms with Gasteiger partial charge in [0.1, 0.15) is 11.8 Å². The number of carbonyl (C=O) groups excluding carboxylic acids is 1. The number of para-hydroxylation sites is 1. The maximum atomic E-state index is 12.4. The van der Waals surface area contributed by atoms with Gasteiger partial charge in [-0.15, -0.1) is 0 Å². The van der Waals surface area contributed by atoms with Crippen LogP contribution in [-0.4, -0.2) is 20.9 Å². The Balaban J connectivity index is 1.58. The average molecular weight is 421 g/mol. The number of hydrogen-bond donors (Lipinski definition) is 2. The lowest BCUT2D eigenvalue weighted by Gasteiger charge is -2.11. The number of nitriles is 1. The third-order valence-electron chi connectivity index (χ3n) is 4.12. The minimum Gasteiger partial charge on any atom is -0.482 e. The largest absolute Gasteiger partial charge is 0.482 e. The van der Waals surface area contributed by atoms with Crippen molar-refractivity contribution >= 4 is 27.3 Å². The molecule has 0 atom stereocenters. The molecule has 7 nitrogen and oxygen atoms in total. The van der Waals surface area contributed by atoms with E-state index in [2.05, 4.69) is 10.0 Å². The average Bonchev–Trinajstić information content (AvgIpc) is 2.74. The van der Waals surface area contributed by atoms with Crippen molar-refractivity contribution < 1.29 is 17.9 Å². The van der Waals surface area contributed by atoms with Crippen molar-refractivity contribution in [3.05, 3.63) is 83.9 Å². The number of amides is 1. The molecular weight excluding hydrogens is 402 g/mol. The van der Waals surface area contributed by atoms with Gasteiger partial charge in [0, 0.05) is 11.4 Å². The zero-order chi connectivity index (χ0) is 21.6. The van der Waals surface area contributed by atoms with Gasteiger partial charge >= 0.3 is 0 Å². The molecule has 0 aromatic heterocycles. The molecule has 2 N–H and O–H groups in total. The summed E-state index contributed by atoms with van der Waals surface area (Å²) in [5, 5.41) is 11.7. The van der Waals surface area contributed by atoms with E-state index in [0.717, 1.165) is 5.56 Å². The van der Waals surface area contributed by atoms with Crippen molar-refractivity contribution in [2.45, 2.75) is 11.8 Å². The Morgan fingerprint density at radius 3 is 2.27 bits per heavy atom. The van der Waals surface area contributed by atoms with Gasteiger partial charge in [0.05, 0.1) is 10.5 Å². The fourth-order valence-electron chi connectivity index (χ4n) is 2.58. The van der Waals surface area contributed by atoms with E-state index < -0.39 is 15.9 Å². The van der Waals surface area contributed by atoms with Gasteiger partial charge in [0.2, 0.25) is 0 Å². The number of carbonyl (C=O) groups is 1. The van der Waals surface area contributed by atoms with Gasteiger partial charge in [-0.1, -0.05) is 29.8 Å². The van der Waals surface area contributed by atoms with E-state index >= 15 is 0 Å². The third-order valence-corrected chi connectivity index (χ3v) is 5.52. The smallest absolute Gasteiger partial charge is 0.262 e. The molecule has 0 radical (unpaired) electrons. The van der Waals surface area contributed by atoms with E-state index in [0.29, 0.717) is 22.7 Å². The van der Waals surface area contributed by atoms with Gasteiger partial charge in [-0.3, -0.25) is 9.52 Å². The van der Waals surface area contributed by atoms with Gasteiger partial charge in [-0.05, 0) is 55.5 Å². The zero-order valence-electron chi connectivity index (χ0n) is 16.1. The van der Waals surface area contributed by atoms with Crippen LogP contribution >= 0.6 is 0 Å². The molecular formula is C22H19N3O4S. The van der Waals surface area contributed by atoms with E-state index in [1.165, 1.54) is 12.1 Å². The van der Waals surface area contributed by atoms with Crippen LogP contribution in [-0.2, 0) is 14.8 Å². The predicted octanol–water partition coefficient (Wildman–Crippen LogP) is 3.69. The Morgan fingerprint density at radius 2 is 1.60 bits per heavy atom.